The van der Waals surface area contributed by atoms with Gasteiger partial charge in [-0.1, -0.05) is 82.6 Å². The zero-order valence-electron chi connectivity index (χ0n) is 33.2. The molecule has 0 saturated carbocycles. The number of anilines is 2. The van der Waals surface area contributed by atoms with Crippen LogP contribution in [0.1, 0.15) is 124 Å². The minimum atomic E-state index is -0.719. The molecule has 0 spiro atoms. The molecule has 0 bridgehead atoms. The number of hydrogen-bond acceptors (Lipinski definition) is 12. The van der Waals surface area contributed by atoms with Gasteiger partial charge in [0.1, 0.15) is 17.1 Å². The largest absolute Gasteiger partial charge is 0.466 e. The summed E-state index contributed by atoms with van der Waals surface area (Å²) >= 11 is 0. The number of carbonyl (C=O) groups is 5. The van der Waals surface area contributed by atoms with Gasteiger partial charge in [0.25, 0.3) is 0 Å². The summed E-state index contributed by atoms with van der Waals surface area (Å²) in [6.45, 7) is 2.57. The molecule has 0 aliphatic carbocycles. The zero-order chi connectivity index (χ0) is 41.7. The van der Waals surface area contributed by atoms with Crippen molar-refractivity contribution in [2.24, 2.45) is 0 Å². The smallest absolute Gasteiger partial charge is 0.343 e. The van der Waals surface area contributed by atoms with E-state index >= 15 is 0 Å². The SMILES string of the molecule is CCCc1ccc(C(=O)Oc2ccc(OC(=O)c3ccc(/C=C/C(=O)OC)cc3)cc2C(=O)OCCCCCCCCCCCOC(=O)c2cc(N)cc(N)c2)cc1. The molecule has 0 amide bonds. The molecule has 0 aliphatic heterocycles. The Morgan fingerprint density at radius 1 is 0.569 bits per heavy atom. The molecule has 0 aromatic heterocycles. The van der Waals surface area contributed by atoms with Gasteiger partial charge < -0.3 is 35.2 Å². The Balaban J connectivity index is 1.23. The number of nitrogen functional groups attached to an aromatic ring is 2. The molecule has 4 aromatic rings. The van der Waals surface area contributed by atoms with Gasteiger partial charge in [-0.05, 0) is 97.1 Å². The van der Waals surface area contributed by atoms with Crippen molar-refractivity contribution in [2.45, 2.75) is 77.6 Å². The number of nitrogens with two attached hydrogens (primary N) is 2. The lowest BCUT2D eigenvalue weighted by Gasteiger charge is -2.13. The van der Waals surface area contributed by atoms with Gasteiger partial charge in [-0.25, -0.2) is 24.0 Å². The van der Waals surface area contributed by atoms with E-state index in [2.05, 4.69) is 11.7 Å². The second-order valence-electron chi connectivity index (χ2n) is 13.7. The Bertz CT molecular complexity index is 2000. The van der Waals surface area contributed by atoms with E-state index in [9.17, 15) is 24.0 Å². The summed E-state index contributed by atoms with van der Waals surface area (Å²) in [6.07, 6.45) is 13.1. The van der Waals surface area contributed by atoms with Crippen LogP contribution in [0.5, 0.6) is 11.5 Å². The minimum absolute atomic E-state index is 0.0288. The zero-order valence-corrected chi connectivity index (χ0v) is 33.2. The first-order chi connectivity index (χ1) is 28.1. The maximum atomic E-state index is 13.4. The third kappa shape index (κ3) is 14.9. The Morgan fingerprint density at radius 3 is 1.67 bits per heavy atom. The first kappa shape index (κ1) is 44.3. The van der Waals surface area contributed by atoms with Crippen molar-refractivity contribution in [2.75, 3.05) is 31.8 Å². The van der Waals surface area contributed by atoms with Crippen molar-refractivity contribution in [3.8, 4) is 11.5 Å². The molecule has 0 unspecified atom stereocenters. The van der Waals surface area contributed by atoms with Gasteiger partial charge in [-0.15, -0.1) is 0 Å². The molecule has 0 fully saturated rings. The summed E-state index contributed by atoms with van der Waals surface area (Å²) < 4.78 is 26.7. The Labute approximate surface area is 339 Å². The molecule has 12 heteroatoms. The number of rotatable bonds is 22. The molecular weight excluding hydrogens is 741 g/mol. The molecule has 4 rings (SSSR count). The molecule has 0 saturated heterocycles. The van der Waals surface area contributed by atoms with Gasteiger partial charge >= 0.3 is 29.8 Å². The van der Waals surface area contributed by atoms with Crippen LogP contribution in [0.25, 0.3) is 6.08 Å². The lowest BCUT2D eigenvalue weighted by molar-refractivity contribution is -0.134. The molecule has 0 atom stereocenters. The topological polar surface area (TPSA) is 184 Å². The van der Waals surface area contributed by atoms with E-state index in [1.165, 1.54) is 31.4 Å². The lowest BCUT2D eigenvalue weighted by Crippen LogP contribution is -2.14. The highest BCUT2D eigenvalue weighted by molar-refractivity contribution is 5.97. The van der Waals surface area contributed by atoms with Crippen LogP contribution < -0.4 is 20.9 Å². The van der Waals surface area contributed by atoms with Crippen LogP contribution in [-0.4, -0.2) is 50.2 Å². The molecule has 306 valence electrons. The van der Waals surface area contributed by atoms with Crippen LogP contribution in [0.15, 0.2) is 91.0 Å². The molecule has 4 aromatic carbocycles. The van der Waals surface area contributed by atoms with Crippen LogP contribution in [0.4, 0.5) is 11.4 Å². The molecule has 4 N–H and O–H groups in total. The summed E-state index contributed by atoms with van der Waals surface area (Å²) in [5, 5.41) is 0. The summed E-state index contributed by atoms with van der Waals surface area (Å²) in [4.78, 5) is 63.0. The number of ether oxygens (including phenoxy) is 5. The lowest BCUT2D eigenvalue weighted by atomic mass is 10.1. The summed E-state index contributed by atoms with van der Waals surface area (Å²) in [5.41, 5.74) is 14.9. The number of hydrogen-bond donors (Lipinski definition) is 2. The van der Waals surface area contributed by atoms with E-state index < -0.39 is 29.8 Å². The van der Waals surface area contributed by atoms with E-state index in [1.54, 1.807) is 60.7 Å². The van der Waals surface area contributed by atoms with Gasteiger partial charge in [0.2, 0.25) is 0 Å². The fourth-order valence-corrected chi connectivity index (χ4v) is 5.93. The third-order valence-corrected chi connectivity index (χ3v) is 9.04. The second-order valence-corrected chi connectivity index (χ2v) is 13.7. The number of esters is 5. The van der Waals surface area contributed by atoms with Crippen LogP contribution >= 0.6 is 0 Å². The second kappa shape index (κ2) is 23.6. The number of benzene rings is 4. The van der Waals surface area contributed by atoms with Crippen molar-refractivity contribution < 1.29 is 47.7 Å². The normalized spacial score (nSPS) is 10.9. The molecular formula is C46H52N2O10. The highest BCUT2D eigenvalue weighted by Crippen LogP contribution is 2.27. The molecule has 0 radical (unpaired) electrons. The van der Waals surface area contributed by atoms with Gasteiger partial charge in [-0.2, -0.15) is 0 Å². The first-order valence-electron chi connectivity index (χ1n) is 19.6. The number of carbonyl (C=O) groups excluding carboxylic acids is 5. The van der Waals surface area contributed by atoms with E-state index in [-0.39, 0.29) is 29.2 Å². The quantitative estimate of drug-likeness (QED) is 0.0193. The van der Waals surface area contributed by atoms with E-state index in [0.29, 0.717) is 41.1 Å². The van der Waals surface area contributed by atoms with Crippen molar-refractivity contribution in [3.63, 3.8) is 0 Å². The summed E-state index contributed by atoms with van der Waals surface area (Å²) in [6, 6.07) is 22.3. The van der Waals surface area contributed by atoms with Crippen molar-refractivity contribution in [1.29, 1.82) is 0 Å². The standard InChI is InChI=1S/C46H52N2O10/c1-3-13-32-14-19-35(20-15-32)45(52)58-41-24-23-39(57-44(51)34-21-16-33(17-22-34)18-25-42(49)54-2)31-40(41)46(53)56-27-12-10-8-6-4-5-7-9-11-26-55-43(50)36-28-37(47)30-38(48)29-36/h14-25,28-31H,3-13,26-27,47-48H2,1-2H3/b25-18+. The van der Waals surface area contributed by atoms with Crippen LogP contribution in [0.3, 0.4) is 0 Å². The average Bonchev–Trinajstić information content (AvgIpc) is 3.22. The van der Waals surface area contributed by atoms with Crippen LogP contribution in [0, 0.1) is 0 Å². The highest BCUT2D eigenvalue weighted by atomic mass is 16.6. The number of aryl methyl sites for hydroxylation is 1. The summed E-state index contributed by atoms with van der Waals surface area (Å²) in [5.74, 6) is -2.95. The highest BCUT2D eigenvalue weighted by Gasteiger charge is 2.21. The van der Waals surface area contributed by atoms with Crippen molar-refractivity contribution >= 4 is 47.3 Å². The Hall–Kier alpha value is -6.43. The van der Waals surface area contributed by atoms with E-state index in [0.717, 1.165) is 69.8 Å². The first-order valence-corrected chi connectivity index (χ1v) is 19.6. The van der Waals surface area contributed by atoms with E-state index in [1.807, 2.05) is 12.1 Å². The van der Waals surface area contributed by atoms with Crippen molar-refractivity contribution in [1.82, 2.24) is 0 Å². The fourth-order valence-electron chi connectivity index (χ4n) is 5.93. The predicted octanol–water partition coefficient (Wildman–Crippen LogP) is 8.95. The molecule has 0 heterocycles. The van der Waals surface area contributed by atoms with Gasteiger partial charge in [0, 0.05) is 17.5 Å². The minimum Gasteiger partial charge on any atom is -0.466 e. The predicted molar refractivity (Wildman–Crippen MR) is 222 cm³/mol. The van der Waals surface area contributed by atoms with Gasteiger partial charge in [-0.3, -0.25) is 0 Å². The molecule has 12 nitrogen and oxygen atoms in total. The number of unbranched alkanes of at least 4 members (excludes halogenated alkanes) is 8. The monoisotopic (exact) mass is 792 g/mol. The van der Waals surface area contributed by atoms with Crippen molar-refractivity contribution in [3.05, 3.63) is 124 Å². The Kier molecular flexibility index (Phi) is 18.0. The summed E-state index contributed by atoms with van der Waals surface area (Å²) in [7, 11) is 1.28. The van der Waals surface area contributed by atoms with Gasteiger partial charge in [0.15, 0.2) is 0 Å². The van der Waals surface area contributed by atoms with E-state index in [4.69, 9.17) is 30.4 Å². The molecule has 0 aliphatic rings. The molecule has 58 heavy (non-hydrogen) atoms. The maximum absolute atomic E-state index is 13.4. The van der Waals surface area contributed by atoms with Crippen LogP contribution in [-0.2, 0) is 25.4 Å². The Morgan fingerprint density at radius 2 is 1.10 bits per heavy atom. The number of methoxy groups -OCH3 is 1. The maximum Gasteiger partial charge on any atom is 0.343 e. The van der Waals surface area contributed by atoms with Gasteiger partial charge in [0.05, 0.1) is 37.0 Å². The third-order valence-electron chi connectivity index (χ3n) is 9.04. The van der Waals surface area contributed by atoms with Crippen LogP contribution in [0.2, 0.25) is 0 Å². The fraction of sp³-hybridized carbons (Fsp3) is 0.326. The average molecular weight is 793 g/mol.